The molecule has 104 valence electrons. The lowest BCUT2D eigenvalue weighted by atomic mass is 10.2. The molecule has 2 aromatic rings. The summed E-state index contributed by atoms with van der Waals surface area (Å²) in [6.07, 6.45) is 0. The number of halogens is 1. The summed E-state index contributed by atoms with van der Waals surface area (Å²) in [6.45, 7) is 0. The van der Waals surface area contributed by atoms with Gasteiger partial charge < -0.3 is 16.0 Å². The zero-order valence-corrected chi connectivity index (χ0v) is 13.0. The monoisotopic (exact) mass is 353 g/mol. The molecule has 0 unspecified atom stereocenters. The Hall–Kier alpha value is -1.86. The van der Waals surface area contributed by atoms with Gasteiger partial charge in [0.1, 0.15) is 0 Å². The number of anilines is 2. The standard InChI is InChI=1S/C13H12BrN3O2S/c1-15-13(19)17-9-4-2-3-8(7-9)16-12(18)10-5-6-11(14)20-10/h2-7H,1H3,(H,16,18)(H2,15,17,19). The van der Waals surface area contributed by atoms with E-state index in [0.717, 1.165) is 3.79 Å². The van der Waals surface area contributed by atoms with Crippen molar-refractivity contribution in [2.75, 3.05) is 17.7 Å². The van der Waals surface area contributed by atoms with Crippen molar-refractivity contribution in [2.24, 2.45) is 0 Å². The van der Waals surface area contributed by atoms with Crippen LogP contribution in [0.1, 0.15) is 9.67 Å². The number of hydrogen-bond acceptors (Lipinski definition) is 3. The molecule has 0 aliphatic carbocycles. The summed E-state index contributed by atoms with van der Waals surface area (Å²) < 4.78 is 0.901. The number of carbonyl (C=O) groups is 2. The predicted octanol–water partition coefficient (Wildman–Crippen LogP) is 3.51. The Morgan fingerprint density at radius 1 is 1.10 bits per heavy atom. The molecule has 0 fully saturated rings. The fourth-order valence-corrected chi connectivity index (χ4v) is 2.78. The number of thiophene rings is 1. The number of nitrogens with one attached hydrogen (secondary N) is 3. The van der Waals surface area contributed by atoms with Crippen molar-refractivity contribution in [3.63, 3.8) is 0 Å². The number of amides is 3. The number of urea groups is 1. The Morgan fingerprint density at radius 2 is 1.80 bits per heavy atom. The summed E-state index contributed by atoms with van der Waals surface area (Å²) in [5.41, 5.74) is 1.22. The molecule has 0 saturated carbocycles. The summed E-state index contributed by atoms with van der Waals surface area (Å²) in [7, 11) is 1.54. The van der Waals surface area contributed by atoms with Gasteiger partial charge in [-0.15, -0.1) is 11.3 Å². The van der Waals surface area contributed by atoms with Crippen molar-refractivity contribution < 1.29 is 9.59 Å². The number of hydrogen-bond donors (Lipinski definition) is 3. The SMILES string of the molecule is CNC(=O)Nc1cccc(NC(=O)c2ccc(Br)s2)c1. The van der Waals surface area contributed by atoms with Gasteiger partial charge in [-0.1, -0.05) is 6.07 Å². The molecule has 7 heteroatoms. The maximum atomic E-state index is 12.0. The first kappa shape index (κ1) is 14.5. The summed E-state index contributed by atoms with van der Waals surface area (Å²) in [4.78, 5) is 23.8. The van der Waals surface area contributed by atoms with Gasteiger partial charge in [0.2, 0.25) is 0 Å². The maximum Gasteiger partial charge on any atom is 0.318 e. The molecular formula is C13H12BrN3O2S. The van der Waals surface area contributed by atoms with Crippen LogP contribution >= 0.6 is 27.3 Å². The molecular weight excluding hydrogens is 342 g/mol. The number of carbonyl (C=O) groups excluding carboxylic acids is 2. The average Bonchev–Trinajstić information content (AvgIpc) is 2.86. The molecule has 5 nitrogen and oxygen atoms in total. The first-order valence-electron chi connectivity index (χ1n) is 5.74. The molecule has 0 spiro atoms. The van der Waals surface area contributed by atoms with Gasteiger partial charge in [0.05, 0.1) is 8.66 Å². The van der Waals surface area contributed by atoms with E-state index in [1.54, 1.807) is 30.3 Å². The smallest absolute Gasteiger partial charge is 0.318 e. The third kappa shape index (κ3) is 3.82. The molecule has 1 aromatic carbocycles. The topological polar surface area (TPSA) is 70.2 Å². The Bertz CT molecular complexity index is 642. The van der Waals surface area contributed by atoms with Gasteiger partial charge in [-0.25, -0.2) is 4.79 Å². The van der Waals surface area contributed by atoms with Crippen LogP contribution in [0.25, 0.3) is 0 Å². The van der Waals surface area contributed by atoms with Crippen LogP contribution in [0.3, 0.4) is 0 Å². The van der Waals surface area contributed by atoms with Crippen molar-refractivity contribution in [3.8, 4) is 0 Å². The van der Waals surface area contributed by atoms with Gasteiger partial charge in [0, 0.05) is 18.4 Å². The van der Waals surface area contributed by atoms with Crippen LogP contribution in [0.5, 0.6) is 0 Å². The van der Waals surface area contributed by atoms with E-state index in [1.807, 2.05) is 6.07 Å². The molecule has 0 aliphatic rings. The third-order valence-corrected chi connectivity index (χ3v) is 4.02. The van der Waals surface area contributed by atoms with Gasteiger partial charge in [0.25, 0.3) is 5.91 Å². The summed E-state index contributed by atoms with van der Waals surface area (Å²) >= 11 is 4.68. The van der Waals surface area contributed by atoms with Crippen LogP contribution in [0, 0.1) is 0 Å². The lowest BCUT2D eigenvalue weighted by Gasteiger charge is -2.07. The Labute approximate surface area is 128 Å². The lowest BCUT2D eigenvalue weighted by Crippen LogP contribution is -2.24. The molecule has 2 rings (SSSR count). The minimum atomic E-state index is -0.310. The molecule has 1 aromatic heterocycles. The predicted molar refractivity (Wildman–Crippen MR) is 84.5 cm³/mol. The highest BCUT2D eigenvalue weighted by atomic mass is 79.9. The molecule has 20 heavy (non-hydrogen) atoms. The lowest BCUT2D eigenvalue weighted by molar-refractivity contribution is 0.103. The van der Waals surface area contributed by atoms with E-state index in [2.05, 4.69) is 31.9 Å². The largest absolute Gasteiger partial charge is 0.341 e. The zero-order valence-electron chi connectivity index (χ0n) is 10.6. The summed E-state index contributed by atoms with van der Waals surface area (Å²) in [6, 6.07) is 10.2. The van der Waals surface area contributed by atoms with E-state index in [9.17, 15) is 9.59 Å². The quantitative estimate of drug-likeness (QED) is 0.789. The Morgan fingerprint density at radius 3 is 2.40 bits per heavy atom. The average molecular weight is 354 g/mol. The van der Waals surface area contributed by atoms with Gasteiger partial charge >= 0.3 is 6.03 Å². The Balaban J connectivity index is 2.08. The van der Waals surface area contributed by atoms with Crippen LogP contribution in [0.4, 0.5) is 16.2 Å². The molecule has 0 aliphatic heterocycles. The van der Waals surface area contributed by atoms with Gasteiger partial charge in [0.15, 0.2) is 0 Å². The zero-order chi connectivity index (χ0) is 14.5. The van der Waals surface area contributed by atoms with Gasteiger partial charge in [-0.3, -0.25) is 4.79 Å². The first-order valence-corrected chi connectivity index (χ1v) is 7.35. The van der Waals surface area contributed by atoms with Crippen molar-refractivity contribution in [1.82, 2.24) is 5.32 Å². The van der Waals surface area contributed by atoms with Crippen LogP contribution in [-0.4, -0.2) is 19.0 Å². The van der Waals surface area contributed by atoms with E-state index in [4.69, 9.17) is 0 Å². The van der Waals surface area contributed by atoms with Crippen LogP contribution in [0.2, 0.25) is 0 Å². The highest BCUT2D eigenvalue weighted by molar-refractivity contribution is 9.11. The van der Waals surface area contributed by atoms with Crippen molar-refractivity contribution >= 4 is 50.6 Å². The minimum absolute atomic E-state index is 0.183. The second-order valence-electron chi connectivity index (χ2n) is 3.84. The van der Waals surface area contributed by atoms with Crippen molar-refractivity contribution in [3.05, 3.63) is 45.1 Å². The summed E-state index contributed by atoms with van der Waals surface area (Å²) in [5.74, 6) is -0.183. The van der Waals surface area contributed by atoms with Crippen LogP contribution in [-0.2, 0) is 0 Å². The second-order valence-corrected chi connectivity index (χ2v) is 6.31. The minimum Gasteiger partial charge on any atom is -0.341 e. The Kier molecular flexibility index (Phi) is 4.75. The summed E-state index contributed by atoms with van der Waals surface area (Å²) in [5, 5.41) is 7.89. The van der Waals surface area contributed by atoms with Crippen molar-refractivity contribution in [2.45, 2.75) is 0 Å². The fourth-order valence-electron chi connectivity index (χ4n) is 1.50. The molecule has 3 amide bonds. The van der Waals surface area contributed by atoms with Crippen molar-refractivity contribution in [1.29, 1.82) is 0 Å². The normalized spacial score (nSPS) is 9.90. The second kappa shape index (κ2) is 6.53. The fraction of sp³-hybridized carbons (Fsp3) is 0.0769. The molecule has 3 N–H and O–H groups in total. The molecule has 1 heterocycles. The molecule has 0 radical (unpaired) electrons. The maximum absolute atomic E-state index is 12.0. The highest BCUT2D eigenvalue weighted by Crippen LogP contribution is 2.23. The molecule has 0 bridgehead atoms. The molecule has 0 saturated heterocycles. The number of rotatable bonds is 3. The van der Waals surface area contributed by atoms with E-state index >= 15 is 0 Å². The van der Waals surface area contributed by atoms with E-state index in [1.165, 1.54) is 18.4 Å². The highest BCUT2D eigenvalue weighted by Gasteiger charge is 2.09. The van der Waals surface area contributed by atoms with E-state index in [-0.39, 0.29) is 11.9 Å². The van der Waals surface area contributed by atoms with Crippen LogP contribution in [0.15, 0.2) is 40.2 Å². The molecule has 0 atom stereocenters. The van der Waals surface area contributed by atoms with E-state index < -0.39 is 0 Å². The van der Waals surface area contributed by atoms with Crippen LogP contribution < -0.4 is 16.0 Å². The van der Waals surface area contributed by atoms with Gasteiger partial charge in [-0.05, 0) is 46.3 Å². The van der Waals surface area contributed by atoms with E-state index in [0.29, 0.717) is 16.3 Å². The first-order chi connectivity index (χ1) is 9.58. The third-order valence-electron chi connectivity index (χ3n) is 2.40. The number of benzene rings is 1. The van der Waals surface area contributed by atoms with Gasteiger partial charge in [-0.2, -0.15) is 0 Å².